The van der Waals surface area contributed by atoms with Crippen LogP contribution < -0.4 is 0 Å². The molecule has 0 N–H and O–H groups in total. The first-order valence-corrected chi connectivity index (χ1v) is 5.17. The molecule has 0 unspecified atom stereocenters. The molecule has 0 saturated heterocycles. The Bertz CT molecular complexity index is 141. The SMILES string of the molecule is CC=C(C)[SiH]([O])C(C)=CC. The second-order valence-corrected chi connectivity index (χ2v) is 5.03. The minimum Gasteiger partial charge on any atom is -0.290 e. The Balaban J connectivity index is 4.22. The summed E-state index contributed by atoms with van der Waals surface area (Å²) in [6.07, 6.45) is 3.85. The Kier molecular flexibility index (Phi) is 4.32. The summed E-state index contributed by atoms with van der Waals surface area (Å²) >= 11 is 0. The number of hydrogen-bond donors (Lipinski definition) is 0. The lowest BCUT2D eigenvalue weighted by atomic mass is 10.6. The zero-order valence-corrected chi connectivity index (χ0v) is 8.29. The van der Waals surface area contributed by atoms with Crippen LogP contribution in [-0.4, -0.2) is 9.04 Å². The second-order valence-electron chi connectivity index (χ2n) is 2.45. The van der Waals surface area contributed by atoms with Gasteiger partial charge in [-0.1, -0.05) is 22.5 Å². The monoisotopic (exact) mass is 155 g/mol. The summed E-state index contributed by atoms with van der Waals surface area (Å²) in [5.74, 6) is 0. The molecule has 0 amide bonds. The van der Waals surface area contributed by atoms with Gasteiger partial charge in [-0.3, -0.25) is 4.80 Å². The normalized spacial score (nSPS) is 17.3. The molecule has 0 heterocycles. The molecule has 0 fully saturated rings. The Hall–Kier alpha value is -0.343. The van der Waals surface area contributed by atoms with Crippen LogP contribution in [0.1, 0.15) is 27.7 Å². The van der Waals surface area contributed by atoms with Gasteiger partial charge >= 0.3 is 0 Å². The van der Waals surface area contributed by atoms with E-state index in [1.54, 1.807) is 0 Å². The van der Waals surface area contributed by atoms with E-state index in [1.807, 2.05) is 39.8 Å². The van der Waals surface area contributed by atoms with Crippen molar-refractivity contribution >= 4 is 9.04 Å². The summed E-state index contributed by atoms with van der Waals surface area (Å²) in [4.78, 5) is 11.4. The molecule has 0 aromatic heterocycles. The van der Waals surface area contributed by atoms with E-state index in [0.29, 0.717) is 0 Å². The largest absolute Gasteiger partial charge is 0.290 e. The fourth-order valence-electron chi connectivity index (χ4n) is 0.662. The van der Waals surface area contributed by atoms with Crippen LogP contribution in [0.15, 0.2) is 22.5 Å². The lowest BCUT2D eigenvalue weighted by Crippen LogP contribution is -2.14. The van der Waals surface area contributed by atoms with Gasteiger partial charge in [0.05, 0.1) is 0 Å². The highest BCUT2D eigenvalue weighted by Crippen LogP contribution is 2.06. The van der Waals surface area contributed by atoms with Crippen molar-refractivity contribution in [2.24, 2.45) is 0 Å². The highest BCUT2D eigenvalue weighted by atomic mass is 28.3. The van der Waals surface area contributed by atoms with E-state index < -0.39 is 9.04 Å². The number of allylic oxidation sites excluding steroid dienone is 4. The van der Waals surface area contributed by atoms with Crippen molar-refractivity contribution in [2.75, 3.05) is 0 Å². The standard InChI is InChI=1S/C8H15OSi/c1-5-7(3)10(9)8(4)6-2/h5-6,10H,1-4H3. The van der Waals surface area contributed by atoms with E-state index >= 15 is 0 Å². The summed E-state index contributed by atoms with van der Waals surface area (Å²) in [5.41, 5.74) is 0. The summed E-state index contributed by atoms with van der Waals surface area (Å²) < 4.78 is 0. The minimum absolute atomic E-state index is 1.04. The van der Waals surface area contributed by atoms with E-state index in [2.05, 4.69) is 0 Å². The molecule has 0 rings (SSSR count). The fourth-order valence-corrected chi connectivity index (χ4v) is 1.99. The van der Waals surface area contributed by atoms with Gasteiger partial charge in [0.15, 0.2) is 0 Å². The van der Waals surface area contributed by atoms with Gasteiger partial charge < -0.3 is 0 Å². The van der Waals surface area contributed by atoms with Crippen LogP contribution in [0.3, 0.4) is 0 Å². The van der Waals surface area contributed by atoms with Crippen molar-refractivity contribution in [3.05, 3.63) is 22.5 Å². The van der Waals surface area contributed by atoms with E-state index in [9.17, 15) is 4.80 Å². The molecule has 0 bridgehead atoms. The Labute approximate surface area is 64.8 Å². The maximum atomic E-state index is 11.4. The average molecular weight is 155 g/mol. The van der Waals surface area contributed by atoms with Crippen molar-refractivity contribution in [3.63, 3.8) is 0 Å². The predicted octanol–water partition coefficient (Wildman–Crippen LogP) is 2.15. The lowest BCUT2D eigenvalue weighted by Gasteiger charge is -2.04. The highest BCUT2D eigenvalue weighted by Gasteiger charge is 2.11. The third-order valence-electron chi connectivity index (χ3n) is 1.74. The molecule has 2 heteroatoms. The third kappa shape index (κ3) is 2.50. The molecule has 0 aromatic rings. The predicted molar refractivity (Wildman–Crippen MR) is 46.7 cm³/mol. The molecule has 0 saturated carbocycles. The first kappa shape index (κ1) is 9.66. The van der Waals surface area contributed by atoms with Crippen LogP contribution >= 0.6 is 0 Å². The average Bonchev–Trinajstić information content (AvgIpc) is 2.00. The molecule has 0 spiro atoms. The Morgan fingerprint density at radius 2 is 1.40 bits per heavy atom. The van der Waals surface area contributed by atoms with Gasteiger partial charge in [0.2, 0.25) is 0 Å². The zero-order valence-electron chi connectivity index (χ0n) is 7.14. The summed E-state index contributed by atoms with van der Waals surface area (Å²) in [6, 6.07) is 0. The molecule has 0 atom stereocenters. The quantitative estimate of drug-likeness (QED) is 0.545. The van der Waals surface area contributed by atoms with E-state index in [4.69, 9.17) is 0 Å². The van der Waals surface area contributed by atoms with Crippen LogP contribution in [0.25, 0.3) is 0 Å². The van der Waals surface area contributed by atoms with Gasteiger partial charge in [0.1, 0.15) is 0 Å². The molecule has 1 nitrogen and oxygen atoms in total. The van der Waals surface area contributed by atoms with Gasteiger partial charge in [-0.15, -0.1) is 0 Å². The van der Waals surface area contributed by atoms with Gasteiger partial charge in [-0.25, -0.2) is 0 Å². The van der Waals surface area contributed by atoms with Crippen LogP contribution in [0.5, 0.6) is 0 Å². The molecule has 57 valence electrons. The summed E-state index contributed by atoms with van der Waals surface area (Å²) in [5, 5.41) is 2.08. The van der Waals surface area contributed by atoms with Gasteiger partial charge in [0, 0.05) is 0 Å². The molecule has 10 heavy (non-hydrogen) atoms. The lowest BCUT2D eigenvalue weighted by molar-refractivity contribution is 0.462. The maximum absolute atomic E-state index is 11.4. The van der Waals surface area contributed by atoms with Crippen LogP contribution in [0.2, 0.25) is 0 Å². The van der Waals surface area contributed by atoms with Gasteiger partial charge in [0.25, 0.3) is 9.04 Å². The van der Waals surface area contributed by atoms with E-state index in [0.717, 1.165) is 10.4 Å². The second kappa shape index (κ2) is 4.47. The third-order valence-corrected chi connectivity index (χ3v) is 4.06. The highest BCUT2D eigenvalue weighted by molar-refractivity contribution is 6.66. The molecule has 0 aliphatic carbocycles. The van der Waals surface area contributed by atoms with Crippen LogP contribution in [-0.2, 0) is 4.80 Å². The molecular weight excluding hydrogens is 140 g/mol. The van der Waals surface area contributed by atoms with Crippen molar-refractivity contribution in [1.82, 2.24) is 0 Å². The first-order valence-electron chi connectivity index (χ1n) is 3.55. The molecule has 0 aromatic carbocycles. The Morgan fingerprint density at radius 1 is 1.10 bits per heavy atom. The number of rotatable bonds is 2. The molecular formula is C8H15OSi. The zero-order chi connectivity index (χ0) is 8.15. The summed E-state index contributed by atoms with van der Waals surface area (Å²) in [7, 11) is -1.92. The smallest absolute Gasteiger partial charge is 0.274 e. The summed E-state index contributed by atoms with van der Waals surface area (Å²) in [6.45, 7) is 7.71. The van der Waals surface area contributed by atoms with Gasteiger partial charge in [-0.05, 0) is 27.7 Å². The van der Waals surface area contributed by atoms with Crippen molar-refractivity contribution < 1.29 is 4.80 Å². The minimum atomic E-state index is -1.92. The Morgan fingerprint density at radius 3 is 1.60 bits per heavy atom. The van der Waals surface area contributed by atoms with Crippen molar-refractivity contribution in [2.45, 2.75) is 27.7 Å². The van der Waals surface area contributed by atoms with E-state index in [-0.39, 0.29) is 0 Å². The molecule has 1 radical (unpaired) electrons. The van der Waals surface area contributed by atoms with E-state index in [1.165, 1.54) is 0 Å². The van der Waals surface area contributed by atoms with Crippen LogP contribution in [0.4, 0.5) is 0 Å². The maximum Gasteiger partial charge on any atom is 0.274 e. The first-order chi connectivity index (χ1) is 4.63. The fraction of sp³-hybridized carbons (Fsp3) is 0.500. The topological polar surface area (TPSA) is 19.9 Å². The van der Waals surface area contributed by atoms with Crippen LogP contribution in [0, 0.1) is 0 Å². The number of hydrogen-bond acceptors (Lipinski definition) is 0. The van der Waals surface area contributed by atoms with Crippen molar-refractivity contribution in [1.29, 1.82) is 0 Å². The molecule has 0 aliphatic rings. The molecule has 0 aliphatic heterocycles. The van der Waals surface area contributed by atoms with Gasteiger partial charge in [-0.2, -0.15) is 0 Å². The van der Waals surface area contributed by atoms with Crippen molar-refractivity contribution in [3.8, 4) is 0 Å².